The van der Waals surface area contributed by atoms with Gasteiger partial charge >= 0.3 is 0 Å². The molecule has 136 valence electrons. The Hall–Kier alpha value is -1.73. The standard InChI is InChI=1S/C18H26N4O3/c23-14-10-13(11-14)18(24)22-8-9-25-12-15(22)17-19-5-4-16(20-17)21-6-2-1-3-7-21/h4-5,13-15,23H,1-3,6-12H2/t13?,14?,15-/m1/s1. The third-order valence-corrected chi connectivity index (χ3v) is 5.51. The molecule has 7 heteroatoms. The minimum Gasteiger partial charge on any atom is -0.393 e. The van der Waals surface area contributed by atoms with Gasteiger partial charge in [0.25, 0.3) is 0 Å². The molecule has 3 aliphatic rings. The zero-order valence-electron chi connectivity index (χ0n) is 14.5. The van der Waals surface area contributed by atoms with E-state index in [4.69, 9.17) is 9.72 Å². The number of amides is 1. The number of morpholine rings is 1. The first-order valence-electron chi connectivity index (χ1n) is 9.36. The first kappa shape index (κ1) is 16.7. The number of carbonyl (C=O) groups is 1. The molecular weight excluding hydrogens is 320 g/mol. The van der Waals surface area contributed by atoms with Crippen LogP contribution in [0.5, 0.6) is 0 Å². The lowest BCUT2D eigenvalue weighted by atomic mass is 9.81. The molecule has 2 aliphatic heterocycles. The van der Waals surface area contributed by atoms with Crippen molar-refractivity contribution >= 4 is 11.7 Å². The summed E-state index contributed by atoms with van der Waals surface area (Å²) in [6, 6.07) is 1.72. The van der Waals surface area contributed by atoms with Crippen LogP contribution in [0.1, 0.15) is 44.0 Å². The first-order valence-corrected chi connectivity index (χ1v) is 9.36. The van der Waals surface area contributed by atoms with Gasteiger partial charge in [-0.3, -0.25) is 4.79 Å². The molecule has 1 aliphatic carbocycles. The summed E-state index contributed by atoms with van der Waals surface area (Å²) in [5.74, 6) is 1.64. The molecule has 2 saturated heterocycles. The van der Waals surface area contributed by atoms with Crippen molar-refractivity contribution < 1.29 is 14.6 Å². The van der Waals surface area contributed by atoms with Gasteiger partial charge in [-0.2, -0.15) is 0 Å². The lowest BCUT2D eigenvalue weighted by Crippen LogP contribution is -2.50. The average molecular weight is 346 g/mol. The van der Waals surface area contributed by atoms with E-state index in [0.29, 0.717) is 38.4 Å². The molecule has 0 unspecified atom stereocenters. The van der Waals surface area contributed by atoms with Crippen molar-refractivity contribution in [3.05, 3.63) is 18.1 Å². The molecule has 1 aromatic heterocycles. The molecule has 1 N–H and O–H groups in total. The molecule has 3 heterocycles. The molecule has 4 rings (SSSR count). The fourth-order valence-corrected chi connectivity index (χ4v) is 3.93. The van der Waals surface area contributed by atoms with Crippen LogP contribution >= 0.6 is 0 Å². The summed E-state index contributed by atoms with van der Waals surface area (Å²) < 4.78 is 5.62. The molecule has 1 aromatic rings. The summed E-state index contributed by atoms with van der Waals surface area (Å²) in [5, 5.41) is 9.50. The Morgan fingerprint density at radius 2 is 2.00 bits per heavy atom. The van der Waals surface area contributed by atoms with Gasteiger partial charge in [0.2, 0.25) is 5.91 Å². The number of aliphatic hydroxyl groups is 1. The van der Waals surface area contributed by atoms with Crippen LogP contribution in [0.2, 0.25) is 0 Å². The van der Waals surface area contributed by atoms with Gasteiger partial charge in [0.1, 0.15) is 11.9 Å². The van der Waals surface area contributed by atoms with Crippen LogP contribution in [0.4, 0.5) is 5.82 Å². The van der Waals surface area contributed by atoms with Crippen LogP contribution < -0.4 is 4.90 Å². The molecule has 7 nitrogen and oxygen atoms in total. The van der Waals surface area contributed by atoms with Crippen molar-refractivity contribution in [2.75, 3.05) is 37.7 Å². The van der Waals surface area contributed by atoms with Crippen LogP contribution in [-0.2, 0) is 9.53 Å². The molecule has 1 amide bonds. The highest BCUT2D eigenvalue weighted by Crippen LogP contribution is 2.33. The number of carbonyl (C=O) groups excluding carboxylic acids is 1. The number of anilines is 1. The van der Waals surface area contributed by atoms with Crippen LogP contribution in [0.25, 0.3) is 0 Å². The van der Waals surface area contributed by atoms with Gasteiger partial charge < -0.3 is 19.6 Å². The van der Waals surface area contributed by atoms with Crippen LogP contribution in [0, 0.1) is 5.92 Å². The largest absolute Gasteiger partial charge is 0.393 e. The smallest absolute Gasteiger partial charge is 0.226 e. The summed E-state index contributed by atoms with van der Waals surface area (Å²) in [6.45, 7) is 3.60. The van der Waals surface area contributed by atoms with Gasteiger partial charge in [-0.05, 0) is 38.2 Å². The van der Waals surface area contributed by atoms with Gasteiger partial charge in [0.05, 0.1) is 19.3 Å². The van der Waals surface area contributed by atoms with Gasteiger partial charge in [0, 0.05) is 31.7 Å². The van der Waals surface area contributed by atoms with Crippen molar-refractivity contribution in [1.82, 2.24) is 14.9 Å². The van der Waals surface area contributed by atoms with Crippen LogP contribution in [0.15, 0.2) is 12.3 Å². The first-order chi connectivity index (χ1) is 12.2. The summed E-state index contributed by atoms with van der Waals surface area (Å²) in [6.07, 6.45) is 6.26. The Kier molecular flexibility index (Phi) is 4.85. The normalized spacial score (nSPS) is 30.0. The van der Waals surface area contributed by atoms with Crippen molar-refractivity contribution in [3.63, 3.8) is 0 Å². The number of aromatic nitrogens is 2. The lowest BCUT2D eigenvalue weighted by Gasteiger charge is -2.40. The van der Waals surface area contributed by atoms with Gasteiger partial charge in [0.15, 0.2) is 5.82 Å². The number of aliphatic hydroxyl groups excluding tert-OH is 1. The maximum absolute atomic E-state index is 12.8. The van der Waals surface area contributed by atoms with Crippen molar-refractivity contribution in [2.24, 2.45) is 5.92 Å². The van der Waals surface area contributed by atoms with E-state index < -0.39 is 0 Å². The second kappa shape index (κ2) is 7.25. The number of hydrogen-bond donors (Lipinski definition) is 1. The van der Waals surface area contributed by atoms with E-state index in [0.717, 1.165) is 18.9 Å². The fourth-order valence-electron chi connectivity index (χ4n) is 3.93. The van der Waals surface area contributed by atoms with Gasteiger partial charge in [-0.25, -0.2) is 9.97 Å². The van der Waals surface area contributed by atoms with Crippen molar-refractivity contribution in [1.29, 1.82) is 0 Å². The maximum atomic E-state index is 12.8. The Bertz CT molecular complexity index is 614. The maximum Gasteiger partial charge on any atom is 0.226 e. The number of ether oxygens (including phenoxy) is 1. The van der Waals surface area contributed by atoms with Crippen LogP contribution in [0.3, 0.4) is 0 Å². The summed E-state index contributed by atoms with van der Waals surface area (Å²) in [5.41, 5.74) is 0. The third kappa shape index (κ3) is 3.48. The molecule has 0 radical (unpaired) electrons. The van der Waals surface area contributed by atoms with E-state index in [1.54, 1.807) is 6.20 Å². The molecule has 3 fully saturated rings. The zero-order chi connectivity index (χ0) is 17.2. The highest BCUT2D eigenvalue weighted by atomic mass is 16.5. The number of hydrogen-bond acceptors (Lipinski definition) is 6. The minimum absolute atomic E-state index is 0.0686. The molecule has 0 aromatic carbocycles. The predicted molar refractivity (Wildman–Crippen MR) is 92.1 cm³/mol. The SMILES string of the molecule is O=C(C1CC(O)C1)N1CCOC[C@@H]1c1nccc(N2CCCCC2)n1. The lowest BCUT2D eigenvalue weighted by molar-refractivity contribution is -0.151. The van der Waals surface area contributed by atoms with Gasteiger partial charge in [-0.1, -0.05) is 0 Å². The summed E-state index contributed by atoms with van der Waals surface area (Å²) >= 11 is 0. The summed E-state index contributed by atoms with van der Waals surface area (Å²) in [7, 11) is 0. The van der Waals surface area contributed by atoms with Crippen molar-refractivity contribution in [2.45, 2.75) is 44.2 Å². The highest BCUT2D eigenvalue weighted by molar-refractivity contribution is 5.80. The monoisotopic (exact) mass is 346 g/mol. The molecule has 0 spiro atoms. The highest BCUT2D eigenvalue weighted by Gasteiger charge is 2.40. The predicted octanol–water partition coefficient (Wildman–Crippen LogP) is 1.14. The van der Waals surface area contributed by atoms with E-state index >= 15 is 0 Å². The topological polar surface area (TPSA) is 78.8 Å². The van der Waals surface area contributed by atoms with Crippen molar-refractivity contribution in [3.8, 4) is 0 Å². The Morgan fingerprint density at radius 1 is 1.20 bits per heavy atom. The molecule has 0 bridgehead atoms. The second-order valence-corrected chi connectivity index (χ2v) is 7.27. The van der Waals surface area contributed by atoms with Crippen LogP contribution in [-0.4, -0.2) is 64.8 Å². The number of rotatable bonds is 3. The molecule has 1 saturated carbocycles. The second-order valence-electron chi connectivity index (χ2n) is 7.27. The van der Waals surface area contributed by atoms with Gasteiger partial charge in [-0.15, -0.1) is 0 Å². The van der Waals surface area contributed by atoms with E-state index in [1.807, 2.05) is 11.0 Å². The molecular formula is C18H26N4O3. The summed E-state index contributed by atoms with van der Waals surface area (Å²) in [4.78, 5) is 26.2. The van der Waals surface area contributed by atoms with E-state index in [-0.39, 0.29) is 24.0 Å². The Balaban J connectivity index is 1.52. The fraction of sp³-hybridized carbons (Fsp3) is 0.722. The Labute approximate surface area is 148 Å². The van der Waals surface area contributed by atoms with E-state index in [2.05, 4.69) is 9.88 Å². The molecule has 25 heavy (non-hydrogen) atoms. The quantitative estimate of drug-likeness (QED) is 0.884. The minimum atomic E-state index is -0.327. The number of piperidine rings is 1. The zero-order valence-corrected chi connectivity index (χ0v) is 14.5. The average Bonchev–Trinajstić information content (AvgIpc) is 2.66. The number of nitrogens with zero attached hydrogens (tertiary/aromatic N) is 4. The van der Waals surface area contributed by atoms with E-state index in [1.165, 1.54) is 19.3 Å². The third-order valence-electron chi connectivity index (χ3n) is 5.51. The van der Waals surface area contributed by atoms with E-state index in [9.17, 15) is 9.90 Å². The molecule has 1 atom stereocenters. The Morgan fingerprint density at radius 3 is 2.76 bits per heavy atom.